The highest BCUT2D eigenvalue weighted by atomic mass is 16.5. The van der Waals surface area contributed by atoms with E-state index < -0.39 is 0 Å². The fourth-order valence-corrected chi connectivity index (χ4v) is 2.24. The van der Waals surface area contributed by atoms with Crippen LogP contribution < -0.4 is 5.32 Å². The minimum Gasteiger partial charge on any atom is -0.378 e. The van der Waals surface area contributed by atoms with Crippen LogP contribution in [0.25, 0.3) is 0 Å². The van der Waals surface area contributed by atoms with Gasteiger partial charge in [0, 0.05) is 25.7 Å². The molecule has 1 aliphatic rings. The van der Waals surface area contributed by atoms with E-state index in [4.69, 9.17) is 4.74 Å². The summed E-state index contributed by atoms with van der Waals surface area (Å²) in [5, 5.41) is 3.52. The van der Waals surface area contributed by atoms with Gasteiger partial charge in [-0.1, -0.05) is 6.92 Å². The predicted octanol–water partition coefficient (Wildman–Crippen LogP) is 2.27. The van der Waals surface area contributed by atoms with Crippen molar-refractivity contribution in [1.29, 1.82) is 0 Å². The maximum absolute atomic E-state index is 5.61. The Kier molecular flexibility index (Phi) is 7.82. The molecule has 0 spiro atoms. The van der Waals surface area contributed by atoms with Gasteiger partial charge in [0.05, 0.1) is 6.10 Å². The van der Waals surface area contributed by atoms with Crippen LogP contribution in [0, 0.1) is 0 Å². The molecule has 0 aromatic rings. The smallest absolute Gasteiger partial charge is 0.0576 e. The fraction of sp³-hybridized carbons (Fsp3) is 1.00. The second-order valence-electron chi connectivity index (χ2n) is 5.27. The van der Waals surface area contributed by atoms with Gasteiger partial charge >= 0.3 is 0 Å². The van der Waals surface area contributed by atoms with E-state index in [1.54, 1.807) is 0 Å². The second-order valence-corrected chi connectivity index (χ2v) is 5.27. The van der Waals surface area contributed by atoms with Crippen LogP contribution in [0.4, 0.5) is 0 Å². The zero-order valence-electron chi connectivity index (χ0n) is 11.9. The molecule has 0 aromatic carbocycles. The molecule has 0 aromatic heterocycles. The van der Waals surface area contributed by atoms with Crippen molar-refractivity contribution in [3.05, 3.63) is 0 Å². The van der Waals surface area contributed by atoms with E-state index in [0.29, 0.717) is 12.1 Å². The highest BCUT2D eigenvalue weighted by molar-refractivity contribution is 4.66. The Hall–Kier alpha value is -0.120. The van der Waals surface area contributed by atoms with Gasteiger partial charge in [0.25, 0.3) is 0 Å². The summed E-state index contributed by atoms with van der Waals surface area (Å²) in [5.74, 6) is 0. The summed E-state index contributed by atoms with van der Waals surface area (Å²) in [6.07, 6.45) is 6.80. The van der Waals surface area contributed by atoms with Crippen LogP contribution in [-0.2, 0) is 4.74 Å². The third-order valence-electron chi connectivity index (χ3n) is 3.89. The summed E-state index contributed by atoms with van der Waals surface area (Å²) >= 11 is 0. The first-order chi connectivity index (χ1) is 8.24. The summed E-state index contributed by atoms with van der Waals surface area (Å²) < 4.78 is 5.61. The molecule has 1 rings (SSSR count). The Labute approximate surface area is 107 Å². The van der Waals surface area contributed by atoms with Crippen molar-refractivity contribution >= 4 is 0 Å². The average molecular weight is 242 g/mol. The van der Waals surface area contributed by atoms with Gasteiger partial charge in [0.1, 0.15) is 0 Å². The molecule has 0 amide bonds. The molecular formula is C14H30N2O. The van der Waals surface area contributed by atoms with E-state index in [1.807, 2.05) is 0 Å². The van der Waals surface area contributed by atoms with Crippen molar-refractivity contribution < 1.29 is 4.74 Å². The highest BCUT2D eigenvalue weighted by Gasteiger charge is 2.14. The quantitative estimate of drug-likeness (QED) is 0.628. The van der Waals surface area contributed by atoms with Gasteiger partial charge in [-0.3, -0.25) is 0 Å². The molecule has 0 saturated carbocycles. The van der Waals surface area contributed by atoms with Crippen molar-refractivity contribution in [3.63, 3.8) is 0 Å². The van der Waals surface area contributed by atoms with Gasteiger partial charge in [0.15, 0.2) is 0 Å². The molecule has 1 heterocycles. The summed E-state index contributed by atoms with van der Waals surface area (Å²) in [5.41, 5.74) is 0. The standard InChI is InChI=1S/C14H30N2O/c1-4-13(2)16(3)11-10-15-9-5-7-14-8-6-12-17-14/h13-15H,4-12H2,1-3H3. The van der Waals surface area contributed by atoms with E-state index in [-0.39, 0.29) is 0 Å². The molecule has 1 fully saturated rings. The second kappa shape index (κ2) is 8.90. The molecule has 1 aliphatic heterocycles. The highest BCUT2D eigenvalue weighted by Crippen LogP contribution is 2.16. The average Bonchev–Trinajstić information content (AvgIpc) is 2.85. The zero-order valence-corrected chi connectivity index (χ0v) is 11.9. The lowest BCUT2D eigenvalue weighted by Crippen LogP contribution is -2.35. The van der Waals surface area contributed by atoms with Gasteiger partial charge < -0.3 is 15.0 Å². The maximum Gasteiger partial charge on any atom is 0.0576 e. The van der Waals surface area contributed by atoms with E-state index in [2.05, 4.69) is 31.1 Å². The van der Waals surface area contributed by atoms with Gasteiger partial charge in [-0.2, -0.15) is 0 Å². The zero-order chi connectivity index (χ0) is 12.5. The largest absolute Gasteiger partial charge is 0.378 e. The summed E-state index contributed by atoms with van der Waals surface area (Å²) in [6.45, 7) is 8.90. The lowest BCUT2D eigenvalue weighted by atomic mass is 10.1. The topological polar surface area (TPSA) is 24.5 Å². The van der Waals surface area contributed by atoms with E-state index in [0.717, 1.165) is 26.2 Å². The Morgan fingerprint density at radius 2 is 2.24 bits per heavy atom. The molecule has 0 aliphatic carbocycles. The first-order valence-electron chi connectivity index (χ1n) is 7.26. The number of nitrogens with one attached hydrogen (secondary N) is 1. The lowest BCUT2D eigenvalue weighted by molar-refractivity contribution is 0.102. The van der Waals surface area contributed by atoms with Crippen molar-refractivity contribution in [2.75, 3.05) is 33.3 Å². The van der Waals surface area contributed by atoms with Crippen molar-refractivity contribution in [1.82, 2.24) is 10.2 Å². The molecule has 0 radical (unpaired) electrons. The molecular weight excluding hydrogens is 212 g/mol. The third-order valence-corrected chi connectivity index (χ3v) is 3.89. The number of hydrogen-bond acceptors (Lipinski definition) is 3. The van der Waals surface area contributed by atoms with Crippen LogP contribution >= 0.6 is 0 Å². The Morgan fingerprint density at radius 3 is 2.88 bits per heavy atom. The van der Waals surface area contributed by atoms with Crippen LogP contribution in [0.5, 0.6) is 0 Å². The fourth-order valence-electron chi connectivity index (χ4n) is 2.24. The number of likely N-dealkylation sites (N-methyl/N-ethyl adjacent to an activating group) is 1. The first-order valence-corrected chi connectivity index (χ1v) is 7.26. The van der Waals surface area contributed by atoms with Gasteiger partial charge in [-0.05, 0) is 52.6 Å². The normalized spacial score (nSPS) is 22.2. The number of nitrogens with zero attached hydrogens (tertiary/aromatic N) is 1. The van der Waals surface area contributed by atoms with E-state index >= 15 is 0 Å². The van der Waals surface area contributed by atoms with Crippen LogP contribution in [0.2, 0.25) is 0 Å². The SMILES string of the molecule is CCC(C)N(C)CCNCCCC1CCCO1. The summed E-state index contributed by atoms with van der Waals surface area (Å²) in [4.78, 5) is 2.42. The molecule has 2 atom stereocenters. The molecule has 3 nitrogen and oxygen atoms in total. The lowest BCUT2D eigenvalue weighted by Gasteiger charge is -2.23. The predicted molar refractivity (Wildman–Crippen MR) is 73.5 cm³/mol. The van der Waals surface area contributed by atoms with E-state index in [1.165, 1.54) is 32.1 Å². The van der Waals surface area contributed by atoms with Crippen LogP contribution in [0.1, 0.15) is 46.0 Å². The number of rotatable bonds is 9. The van der Waals surface area contributed by atoms with Gasteiger partial charge in [-0.15, -0.1) is 0 Å². The monoisotopic (exact) mass is 242 g/mol. The summed E-state index contributed by atoms with van der Waals surface area (Å²) in [7, 11) is 2.21. The Balaban J connectivity index is 1.86. The molecule has 17 heavy (non-hydrogen) atoms. The first kappa shape index (κ1) is 14.9. The molecule has 0 bridgehead atoms. The van der Waals surface area contributed by atoms with Crippen molar-refractivity contribution in [3.8, 4) is 0 Å². The molecule has 1 N–H and O–H groups in total. The molecule has 1 saturated heterocycles. The molecule has 2 unspecified atom stereocenters. The number of hydrogen-bond donors (Lipinski definition) is 1. The minimum atomic E-state index is 0.555. The molecule has 102 valence electrons. The van der Waals surface area contributed by atoms with Crippen LogP contribution in [0.3, 0.4) is 0 Å². The van der Waals surface area contributed by atoms with Gasteiger partial charge in [-0.25, -0.2) is 0 Å². The Bertz CT molecular complexity index is 181. The maximum atomic E-state index is 5.61. The van der Waals surface area contributed by atoms with E-state index in [9.17, 15) is 0 Å². The third kappa shape index (κ3) is 6.39. The van der Waals surface area contributed by atoms with Crippen molar-refractivity contribution in [2.45, 2.75) is 58.1 Å². The van der Waals surface area contributed by atoms with Crippen LogP contribution in [-0.4, -0.2) is 50.3 Å². The molecule has 3 heteroatoms. The minimum absolute atomic E-state index is 0.555. The Morgan fingerprint density at radius 1 is 1.41 bits per heavy atom. The number of ether oxygens (including phenoxy) is 1. The van der Waals surface area contributed by atoms with Gasteiger partial charge in [0.2, 0.25) is 0 Å². The summed E-state index contributed by atoms with van der Waals surface area (Å²) in [6, 6.07) is 0.698. The van der Waals surface area contributed by atoms with Crippen LogP contribution in [0.15, 0.2) is 0 Å². The van der Waals surface area contributed by atoms with Crippen molar-refractivity contribution in [2.24, 2.45) is 0 Å².